The molecule has 0 aliphatic heterocycles. The summed E-state index contributed by atoms with van der Waals surface area (Å²) in [6.07, 6.45) is 8.97. The second-order valence-electron chi connectivity index (χ2n) is 5.37. The highest BCUT2D eigenvalue weighted by Gasteiger charge is 2.16. The Morgan fingerprint density at radius 1 is 1.20 bits per heavy atom. The second-order valence-corrected chi connectivity index (χ2v) is 6.10. The lowest BCUT2D eigenvalue weighted by molar-refractivity contribution is 0.394. The summed E-state index contributed by atoms with van der Waals surface area (Å²) in [6, 6.07) is 9.33. The zero-order chi connectivity index (χ0) is 17.1. The molecule has 1 atom stereocenters. The minimum Gasteiger partial charge on any atom is -0.336 e. The van der Waals surface area contributed by atoms with Gasteiger partial charge in [0, 0.05) is 23.0 Å². The number of nitrogens with zero attached hydrogens (tertiary/aromatic N) is 4. The molecule has 0 spiro atoms. The molecule has 4 rings (SSSR count). The van der Waals surface area contributed by atoms with Gasteiger partial charge in [0.1, 0.15) is 5.69 Å². The highest BCUT2D eigenvalue weighted by atomic mass is 32.1. The average molecular weight is 351 g/mol. The highest BCUT2D eigenvalue weighted by molar-refractivity contribution is 7.09. The van der Waals surface area contributed by atoms with Gasteiger partial charge in [0.2, 0.25) is 5.13 Å². The predicted molar refractivity (Wildman–Crippen MR) is 94.5 cm³/mol. The molecule has 2 heterocycles. The van der Waals surface area contributed by atoms with Crippen LogP contribution >= 0.6 is 11.5 Å². The molecule has 8 heteroatoms. The van der Waals surface area contributed by atoms with Crippen molar-refractivity contribution in [2.45, 2.75) is 12.3 Å². The smallest absolute Gasteiger partial charge is 0.336 e. The van der Waals surface area contributed by atoms with Gasteiger partial charge in [-0.05, 0) is 6.42 Å². The van der Waals surface area contributed by atoms with Gasteiger partial charge in [-0.3, -0.25) is 0 Å². The van der Waals surface area contributed by atoms with Crippen molar-refractivity contribution in [2.24, 2.45) is 10.2 Å². The summed E-state index contributed by atoms with van der Waals surface area (Å²) in [7, 11) is 0. The zero-order valence-electron chi connectivity index (χ0n) is 13.0. The quantitative estimate of drug-likeness (QED) is 0.700. The number of hydrogen-bond donors (Lipinski definition) is 1. The minimum absolute atomic E-state index is 0.114. The number of azo groups is 1. The lowest BCUT2D eigenvalue weighted by Gasteiger charge is -2.07. The molecule has 7 nitrogen and oxygen atoms in total. The van der Waals surface area contributed by atoms with Crippen LogP contribution in [0.5, 0.6) is 0 Å². The molecule has 0 bridgehead atoms. The van der Waals surface area contributed by atoms with Gasteiger partial charge in [-0.25, -0.2) is 9.95 Å². The van der Waals surface area contributed by atoms with Gasteiger partial charge in [0.05, 0.1) is 0 Å². The number of aromatic amines is 1. The van der Waals surface area contributed by atoms with Crippen molar-refractivity contribution in [3.8, 4) is 11.3 Å². The number of rotatable bonds is 4. The summed E-state index contributed by atoms with van der Waals surface area (Å²) in [5, 5.41) is 11.1. The van der Waals surface area contributed by atoms with E-state index in [-0.39, 0.29) is 11.6 Å². The molecular weight excluding hydrogens is 338 g/mol. The number of benzene rings is 1. The Hall–Kier alpha value is -3.13. The summed E-state index contributed by atoms with van der Waals surface area (Å²) in [5.74, 6) is 0.867. The van der Waals surface area contributed by atoms with Gasteiger partial charge in [0.15, 0.2) is 11.5 Å². The molecule has 1 aliphatic rings. The molecule has 3 aromatic rings. The maximum absolute atomic E-state index is 11.9. The number of allylic oxidation sites excluding steroid dienone is 4. The summed E-state index contributed by atoms with van der Waals surface area (Å²) in [6.45, 7) is 0. The van der Waals surface area contributed by atoms with Gasteiger partial charge >= 0.3 is 5.63 Å². The lowest BCUT2D eigenvalue weighted by atomic mass is 10.0. The fourth-order valence-electron chi connectivity index (χ4n) is 2.47. The molecule has 1 N–H and O–H groups in total. The van der Waals surface area contributed by atoms with Crippen LogP contribution in [-0.4, -0.2) is 14.5 Å². The fourth-order valence-corrected chi connectivity index (χ4v) is 3.03. The molecular formula is C17H13N5O2S. The molecule has 0 fully saturated rings. The minimum atomic E-state index is -0.576. The number of hydrogen-bond acceptors (Lipinski definition) is 7. The van der Waals surface area contributed by atoms with E-state index in [1.54, 1.807) is 0 Å². The molecule has 25 heavy (non-hydrogen) atoms. The van der Waals surface area contributed by atoms with E-state index in [9.17, 15) is 4.79 Å². The monoisotopic (exact) mass is 351 g/mol. The molecule has 1 unspecified atom stereocenters. The van der Waals surface area contributed by atoms with E-state index < -0.39 is 5.63 Å². The molecule has 0 radical (unpaired) electrons. The normalized spacial score (nSPS) is 16.7. The van der Waals surface area contributed by atoms with Crippen LogP contribution in [0.3, 0.4) is 0 Å². The van der Waals surface area contributed by atoms with E-state index in [1.165, 1.54) is 0 Å². The van der Waals surface area contributed by atoms with E-state index in [2.05, 4.69) is 36.9 Å². The van der Waals surface area contributed by atoms with Crippen molar-refractivity contribution in [2.75, 3.05) is 0 Å². The zero-order valence-corrected chi connectivity index (χ0v) is 13.8. The third-order valence-corrected chi connectivity index (χ3v) is 4.33. The van der Waals surface area contributed by atoms with Crippen LogP contribution in [0.4, 0.5) is 10.8 Å². The van der Waals surface area contributed by atoms with E-state index in [4.69, 9.17) is 4.52 Å². The van der Waals surface area contributed by atoms with Crippen LogP contribution < -0.4 is 5.63 Å². The average Bonchev–Trinajstić information content (AvgIpc) is 3.28. The van der Waals surface area contributed by atoms with Crippen LogP contribution in [0, 0.1) is 0 Å². The Morgan fingerprint density at radius 2 is 2.08 bits per heavy atom. The van der Waals surface area contributed by atoms with Crippen LogP contribution in [0.1, 0.15) is 18.2 Å². The van der Waals surface area contributed by atoms with Gasteiger partial charge in [-0.15, -0.1) is 10.2 Å². The molecule has 1 aliphatic carbocycles. The molecule has 1 aromatic carbocycles. The van der Waals surface area contributed by atoms with Gasteiger partial charge < -0.3 is 4.52 Å². The Bertz CT molecular complexity index is 1010. The van der Waals surface area contributed by atoms with E-state index >= 15 is 0 Å². The van der Waals surface area contributed by atoms with Gasteiger partial charge in [0.25, 0.3) is 0 Å². The Morgan fingerprint density at radius 3 is 2.88 bits per heavy atom. The topological polar surface area (TPSA) is 96.5 Å². The lowest BCUT2D eigenvalue weighted by Crippen LogP contribution is -1.97. The molecule has 124 valence electrons. The first kappa shape index (κ1) is 15.4. The fraction of sp³-hybridized carbons (Fsp3) is 0.118. The summed E-state index contributed by atoms with van der Waals surface area (Å²) < 4.78 is 9.18. The van der Waals surface area contributed by atoms with Crippen LogP contribution in [-0.2, 0) is 0 Å². The first-order valence-corrected chi connectivity index (χ1v) is 8.44. The largest absolute Gasteiger partial charge is 0.385 e. The van der Waals surface area contributed by atoms with Gasteiger partial charge in [-0.1, -0.05) is 54.6 Å². The SMILES string of the molecule is O=c1o[nH]c(-c2ccccc2)c1N=Nc1nc(C2C=CC=CC2)ns1. The summed E-state index contributed by atoms with van der Waals surface area (Å²) >= 11 is 1.15. The van der Waals surface area contributed by atoms with E-state index in [0.717, 1.165) is 23.5 Å². The number of nitrogens with one attached hydrogen (secondary N) is 1. The van der Waals surface area contributed by atoms with Crippen molar-refractivity contribution < 1.29 is 4.52 Å². The number of aromatic nitrogens is 3. The Balaban J connectivity index is 1.60. The first-order chi connectivity index (χ1) is 12.3. The summed E-state index contributed by atoms with van der Waals surface area (Å²) in [4.78, 5) is 16.3. The van der Waals surface area contributed by atoms with Crippen molar-refractivity contribution in [1.29, 1.82) is 0 Å². The first-order valence-electron chi connectivity index (χ1n) is 7.67. The summed E-state index contributed by atoms with van der Waals surface area (Å²) in [5.41, 5.74) is 0.815. The Kier molecular flexibility index (Phi) is 4.17. The second kappa shape index (κ2) is 6.78. The molecule has 0 saturated carbocycles. The van der Waals surface area contributed by atoms with Crippen LogP contribution in [0.2, 0.25) is 0 Å². The third-order valence-electron chi connectivity index (χ3n) is 3.72. The van der Waals surface area contributed by atoms with E-state index in [0.29, 0.717) is 16.6 Å². The van der Waals surface area contributed by atoms with Crippen LogP contribution in [0.15, 0.2) is 74.2 Å². The molecule has 0 saturated heterocycles. The maximum Gasteiger partial charge on any atom is 0.385 e. The highest BCUT2D eigenvalue weighted by Crippen LogP contribution is 2.29. The van der Waals surface area contributed by atoms with Crippen molar-refractivity contribution in [1.82, 2.24) is 14.5 Å². The molecule has 0 amide bonds. The predicted octanol–water partition coefficient (Wildman–Crippen LogP) is 4.50. The molecule has 2 aromatic heterocycles. The van der Waals surface area contributed by atoms with Crippen molar-refractivity contribution in [3.05, 3.63) is 70.9 Å². The van der Waals surface area contributed by atoms with Crippen molar-refractivity contribution >= 4 is 22.4 Å². The van der Waals surface area contributed by atoms with Crippen molar-refractivity contribution in [3.63, 3.8) is 0 Å². The van der Waals surface area contributed by atoms with Crippen LogP contribution in [0.25, 0.3) is 11.3 Å². The Labute approximate surface area is 146 Å². The maximum atomic E-state index is 11.9. The van der Waals surface area contributed by atoms with Gasteiger partial charge in [-0.2, -0.15) is 9.36 Å². The standard InChI is InChI=1S/C17H13N5O2S/c23-16-14(13(21-24-16)11-7-3-1-4-8-11)19-20-17-18-15(22-25-17)12-9-5-2-6-10-12/h1-9,12,21H,10H2. The number of H-pyrrole nitrogens is 1. The van der Waals surface area contributed by atoms with E-state index in [1.807, 2.05) is 42.5 Å². The third kappa shape index (κ3) is 3.24.